The molecule has 204 valence electrons. The van der Waals surface area contributed by atoms with Gasteiger partial charge < -0.3 is 10.1 Å². The van der Waals surface area contributed by atoms with Crippen molar-refractivity contribution in [3.05, 3.63) is 71.8 Å². The number of sulfone groups is 1. The van der Waals surface area contributed by atoms with Gasteiger partial charge in [0.15, 0.2) is 9.84 Å². The second kappa shape index (κ2) is 11.2. The van der Waals surface area contributed by atoms with Crippen LogP contribution in [0, 0.1) is 12.7 Å². The molecule has 0 amide bonds. The molecule has 1 aliphatic rings. The number of halogens is 2. The van der Waals surface area contributed by atoms with E-state index in [1.165, 1.54) is 0 Å². The molecule has 39 heavy (non-hydrogen) atoms. The number of ether oxygens (including phenoxy) is 1. The first kappa shape index (κ1) is 26.9. The molecule has 1 saturated carbocycles. The Morgan fingerprint density at radius 1 is 1.05 bits per heavy atom. The van der Waals surface area contributed by atoms with E-state index in [1.54, 1.807) is 68.7 Å². The average Bonchev–Trinajstić information content (AvgIpc) is 2.94. The summed E-state index contributed by atoms with van der Waals surface area (Å²) < 4.78 is 60.6. The summed E-state index contributed by atoms with van der Waals surface area (Å²) in [5.41, 5.74) is 1.42. The first-order valence-electron chi connectivity index (χ1n) is 13.0. The van der Waals surface area contributed by atoms with Gasteiger partial charge in [0, 0.05) is 40.7 Å². The minimum absolute atomic E-state index is 0.0411. The first-order valence-corrected chi connectivity index (χ1v) is 14.8. The van der Waals surface area contributed by atoms with Gasteiger partial charge in [0.2, 0.25) is 11.8 Å². The molecule has 2 atom stereocenters. The van der Waals surface area contributed by atoms with Gasteiger partial charge in [-0.1, -0.05) is 31.2 Å². The van der Waals surface area contributed by atoms with Crippen molar-refractivity contribution in [1.82, 2.24) is 15.0 Å². The van der Waals surface area contributed by atoms with E-state index in [9.17, 15) is 12.8 Å². The van der Waals surface area contributed by atoms with Crippen LogP contribution in [0.15, 0.2) is 54.9 Å². The maximum atomic E-state index is 15.7. The fraction of sp³-hybridized carbons (Fsp3) is 0.345. The zero-order valence-electron chi connectivity index (χ0n) is 21.8. The number of alkyl halides is 1. The lowest BCUT2D eigenvalue weighted by Crippen LogP contribution is -2.28. The Bertz CT molecular complexity index is 1610. The predicted octanol–water partition coefficient (Wildman–Crippen LogP) is 6.56. The number of nitrogens with zero attached hydrogens (tertiary/aromatic N) is 3. The number of hydrogen-bond donors (Lipinski definition) is 1. The molecule has 4 aromatic rings. The van der Waals surface area contributed by atoms with Crippen LogP contribution in [-0.2, 0) is 15.6 Å². The number of hydrogen-bond acceptors (Lipinski definition) is 7. The van der Waals surface area contributed by atoms with Crippen molar-refractivity contribution in [2.45, 2.75) is 57.5 Å². The quantitative estimate of drug-likeness (QED) is 0.265. The number of benzene rings is 2. The highest BCUT2D eigenvalue weighted by atomic mass is 32.2. The van der Waals surface area contributed by atoms with Crippen molar-refractivity contribution in [2.75, 3.05) is 11.1 Å². The van der Waals surface area contributed by atoms with Crippen LogP contribution in [0.3, 0.4) is 0 Å². The van der Waals surface area contributed by atoms with Crippen molar-refractivity contribution < 1.29 is 21.9 Å². The van der Waals surface area contributed by atoms with Crippen LogP contribution in [0.5, 0.6) is 11.6 Å². The molecule has 2 aromatic carbocycles. The third-order valence-corrected chi connectivity index (χ3v) is 8.69. The summed E-state index contributed by atoms with van der Waals surface area (Å²) in [6.07, 6.45) is 5.01. The van der Waals surface area contributed by atoms with Crippen LogP contribution in [0.25, 0.3) is 22.0 Å². The number of pyridine rings is 1. The predicted molar refractivity (Wildman–Crippen MR) is 148 cm³/mol. The van der Waals surface area contributed by atoms with Gasteiger partial charge in [-0.15, -0.1) is 0 Å². The van der Waals surface area contributed by atoms with Crippen molar-refractivity contribution in [2.24, 2.45) is 0 Å². The fourth-order valence-corrected chi connectivity index (χ4v) is 5.90. The van der Waals surface area contributed by atoms with E-state index in [0.717, 1.165) is 12.8 Å². The number of aromatic nitrogens is 3. The Labute approximate surface area is 226 Å². The minimum Gasteiger partial charge on any atom is -0.437 e. The van der Waals surface area contributed by atoms with Crippen LogP contribution in [0.2, 0.25) is 0 Å². The monoisotopic (exact) mass is 552 g/mol. The highest BCUT2D eigenvalue weighted by Gasteiger charge is 2.24. The van der Waals surface area contributed by atoms with Gasteiger partial charge in [0.05, 0.1) is 17.0 Å². The summed E-state index contributed by atoms with van der Waals surface area (Å²) in [5.74, 6) is -0.247. The zero-order chi connectivity index (χ0) is 27.6. The maximum absolute atomic E-state index is 15.7. The number of rotatable bonds is 8. The third kappa shape index (κ3) is 5.85. The van der Waals surface area contributed by atoms with Crippen molar-refractivity contribution in [1.29, 1.82) is 0 Å². The van der Waals surface area contributed by atoms with E-state index >= 15 is 4.39 Å². The highest BCUT2D eigenvalue weighted by molar-refractivity contribution is 7.90. The Morgan fingerprint density at radius 2 is 1.85 bits per heavy atom. The van der Waals surface area contributed by atoms with E-state index in [0.29, 0.717) is 40.8 Å². The van der Waals surface area contributed by atoms with Crippen LogP contribution in [0.1, 0.15) is 43.7 Å². The lowest BCUT2D eigenvalue weighted by molar-refractivity contribution is 0.239. The van der Waals surface area contributed by atoms with E-state index in [-0.39, 0.29) is 34.6 Å². The van der Waals surface area contributed by atoms with Gasteiger partial charge in [0.1, 0.15) is 17.7 Å². The molecule has 5 rings (SSSR count). The Balaban J connectivity index is 1.52. The Morgan fingerprint density at radius 3 is 2.62 bits per heavy atom. The molecule has 0 bridgehead atoms. The second-order valence-corrected chi connectivity index (χ2v) is 12.2. The molecule has 0 spiro atoms. The molecular formula is C29H30F2N4O3S. The van der Waals surface area contributed by atoms with Crippen molar-refractivity contribution in [3.8, 4) is 22.9 Å². The van der Waals surface area contributed by atoms with E-state index in [1.807, 2.05) is 0 Å². The fourth-order valence-electron chi connectivity index (χ4n) is 4.97. The molecule has 1 N–H and O–H groups in total. The van der Waals surface area contributed by atoms with Crippen molar-refractivity contribution >= 4 is 26.6 Å². The molecule has 1 fully saturated rings. The van der Waals surface area contributed by atoms with Crippen LogP contribution >= 0.6 is 0 Å². The van der Waals surface area contributed by atoms with Gasteiger partial charge in [-0.25, -0.2) is 32.2 Å². The lowest BCUT2D eigenvalue weighted by Gasteiger charge is -2.25. The van der Waals surface area contributed by atoms with Gasteiger partial charge in [0.25, 0.3) is 0 Å². The Hall–Kier alpha value is -3.66. The van der Waals surface area contributed by atoms with Gasteiger partial charge in [-0.3, -0.25) is 0 Å². The van der Waals surface area contributed by atoms with Gasteiger partial charge in [-0.2, -0.15) is 0 Å². The molecule has 0 saturated heterocycles. The highest BCUT2D eigenvalue weighted by Crippen LogP contribution is 2.40. The standard InChI is InChI=1S/C29H30F2N4O3S/c1-3-39(36,37)17-24-21-10-4-5-11-22(21)27(18(2)26(24)31)38-28-23(12-7-14-32-28)25-13-15-33-29(35-25)34-20-9-6-8-19(30)16-20/h4-5,7,10-15,19-20H,3,6,8-9,16-17H2,1-2H3,(H,33,34,35)/t19-,20-/m0/s1. The molecule has 0 aliphatic heterocycles. The van der Waals surface area contributed by atoms with Crippen LogP contribution < -0.4 is 10.1 Å². The topological polar surface area (TPSA) is 94.1 Å². The smallest absolute Gasteiger partial charge is 0.228 e. The Kier molecular flexibility index (Phi) is 7.74. The molecule has 0 radical (unpaired) electrons. The zero-order valence-corrected chi connectivity index (χ0v) is 22.6. The summed E-state index contributed by atoms with van der Waals surface area (Å²) in [7, 11) is -3.47. The van der Waals surface area contributed by atoms with Crippen LogP contribution in [0.4, 0.5) is 14.7 Å². The normalized spacial score (nSPS) is 17.7. The average molecular weight is 553 g/mol. The van der Waals surface area contributed by atoms with Gasteiger partial charge >= 0.3 is 0 Å². The third-order valence-electron chi connectivity index (χ3n) is 7.08. The summed E-state index contributed by atoms with van der Waals surface area (Å²) in [4.78, 5) is 13.3. The molecule has 2 aromatic heterocycles. The number of fused-ring (bicyclic) bond motifs is 1. The summed E-state index contributed by atoms with van der Waals surface area (Å²) >= 11 is 0. The number of anilines is 1. The molecule has 10 heteroatoms. The largest absolute Gasteiger partial charge is 0.437 e. The minimum atomic E-state index is -3.47. The van der Waals surface area contributed by atoms with E-state index in [4.69, 9.17) is 4.74 Å². The number of nitrogens with one attached hydrogen (secondary N) is 1. The van der Waals surface area contributed by atoms with Crippen molar-refractivity contribution in [3.63, 3.8) is 0 Å². The summed E-state index contributed by atoms with van der Waals surface area (Å²) in [6.45, 7) is 3.11. The van der Waals surface area contributed by atoms with E-state index in [2.05, 4.69) is 20.3 Å². The van der Waals surface area contributed by atoms with E-state index < -0.39 is 27.6 Å². The maximum Gasteiger partial charge on any atom is 0.228 e. The van der Waals surface area contributed by atoms with Crippen LogP contribution in [-0.4, -0.2) is 41.3 Å². The summed E-state index contributed by atoms with van der Waals surface area (Å²) in [6, 6.07) is 12.2. The summed E-state index contributed by atoms with van der Waals surface area (Å²) in [5, 5.41) is 4.29. The molecule has 1 aliphatic carbocycles. The lowest BCUT2D eigenvalue weighted by atomic mass is 9.94. The molecule has 0 unspecified atom stereocenters. The second-order valence-electron chi connectivity index (χ2n) is 9.80. The molecular weight excluding hydrogens is 522 g/mol. The molecule has 2 heterocycles. The first-order chi connectivity index (χ1) is 18.8. The van der Waals surface area contributed by atoms with Gasteiger partial charge in [-0.05, 0) is 56.2 Å². The molecule has 7 nitrogen and oxygen atoms in total. The SMILES string of the molecule is CCS(=O)(=O)Cc1c(F)c(C)c(Oc2ncccc2-c2ccnc(N[C@H]3CCC[C@H](F)C3)n2)c2ccccc12.